The smallest absolute Gasteiger partial charge is 0.0273 e. The summed E-state index contributed by atoms with van der Waals surface area (Å²) in [6, 6.07) is 0.732. The predicted molar refractivity (Wildman–Crippen MR) is 73.6 cm³/mol. The minimum Gasteiger partial charge on any atom is -0.399 e. The molecule has 0 saturated heterocycles. The summed E-state index contributed by atoms with van der Waals surface area (Å²) in [7, 11) is 0. The van der Waals surface area contributed by atoms with Crippen molar-refractivity contribution in [2.45, 2.75) is 51.5 Å². The van der Waals surface area contributed by atoms with Gasteiger partial charge in [0.05, 0.1) is 0 Å². The maximum absolute atomic E-state index is 5.88. The van der Waals surface area contributed by atoms with Gasteiger partial charge in [0.2, 0.25) is 0 Å². The van der Waals surface area contributed by atoms with Crippen molar-refractivity contribution in [2.75, 3.05) is 6.54 Å². The van der Waals surface area contributed by atoms with Gasteiger partial charge in [-0.1, -0.05) is 25.5 Å². The van der Waals surface area contributed by atoms with Crippen LogP contribution in [0, 0.1) is 11.8 Å². The SMILES string of the molecule is CCCCNC1CCC2C=CC(N)=CC2CC1. The van der Waals surface area contributed by atoms with Crippen LogP contribution in [0.5, 0.6) is 0 Å². The first kappa shape index (κ1) is 12.7. The fourth-order valence-corrected chi connectivity index (χ4v) is 3.03. The van der Waals surface area contributed by atoms with E-state index in [2.05, 4.69) is 30.5 Å². The molecule has 2 heteroatoms. The molecule has 3 atom stereocenters. The Balaban J connectivity index is 1.83. The van der Waals surface area contributed by atoms with Gasteiger partial charge in [-0.2, -0.15) is 0 Å². The van der Waals surface area contributed by atoms with E-state index in [4.69, 9.17) is 5.73 Å². The van der Waals surface area contributed by atoms with E-state index >= 15 is 0 Å². The van der Waals surface area contributed by atoms with Gasteiger partial charge in [-0.25, -0.2) is 0 Å². The number of rotatable bonds is 4. The average molecular weight is 234 g/mol. The first-order chi connectivity index (χ1) is 8.29. The van der Waals surface area contributed by atoms with Gasteiger partial charge in [0.1, 0.15) is 0 Å². The van der Waals surface area contributed by atoms with Gasteiger partial charge in [-0.3, -0.25) is 0 Å². The van der Waals surface area contributed by atoms with Crippen molar-refractivity contribution in [1.29, 1.82) is 0 Å². The van der Waals surface area contributed by atoms with Crippen LogP contribution >= 0.6 is 0 Å². The van der Waals surface area contributed by atoms with Gasteiger partial charge in [-0.05, 0) is 56.6 Å². The molecule has 0 spiro atoms. The van der Waals surface area contributed by atoms with Crippen LogP contribution in [0.1, 0.15) is 45.4 Å². The zero-order chi connectivity index (χ0) is 12.1. The summed E-state index contributed by atoms with van der Waals surface area (Å²) in [6.07, 6.45) is 14.5. The lowest BCUT2D eigenvalue weighted by Crippen LogP contribution is -2.29. The summed E-state index contributed by atoms with van der Waals surface area (Å²) in [6.45, 7) is 3.44. The monoisotopic (exact) mass is 234 g/mol. The number of nitrogens with two attached hydrogens (primary N) is 1. The molecule has 0 aromatic heterocycles. The Morgan fingerprint density at radius 1 is 1.24 bits per heavy atom. The zero-order valence-corrected chi connectivity index (χ0v) is 11.0. The van der Waals surface area contributed by atoms with Crippen molar-refractivity contribution in [3.05, 3.63) is 23.9 Å². The molecule has 17 heavy (non-hydrogen) atoms. The molecule has 0 aromatic rings. The molecule has 3 N–H and O–H groups in total. The molecule has 2 aliphatic carbocycles. The summed E-state index contributed by atoms with van der Waals surface area (Å²) in [5.41, 5.74) is 6.85. The molecule has 3 unspecified atom stereocenters. The molecule has 2 nitrogen and oxygen atoms in total. The Labute approximate surface area is 105 Å². The van der Waals surface area contributed by atoms with E-state index in [1.54, 1.807) is 0 Å². The van der Waals surface area contributed by atoms with E-state index in [0.717, 1.165) is 17.7 Å². The van der Waals surface area contributed by atoms with Crippen molar-refractivity contribution >= 4 is 0 Å². The molecular weight excluding hydrogens is 208 g/mol. The maximum Gasteiger partial charge on any atom is 0.0273 e. The fourth-order valence-electron chi connectivity index (χ4n) is 3.03. The molecule has 0 aliphatic heterocycles. The van der Waals surface area contributed by atoms with E-state index in [9.17, 15) is 0 Å². The zero-order valence-electron chi connectivity index (χ0n) is 11.0. The lowest BCUT2D eigenvalue weighted by atomic mass is 9.84. The third kappa shape index (κ3) is 3.60. The number of allylic oxidation sites excluding steroid dienone is 3. The summed E-state index contributed by atoms with van der Waals surface area (Å²) in [5, 5.41) is 3.71. The van der Waals surface area contributed by atoms with Crippen LogP contribution in [0.25, 0.3) is 0 Å². The number of hydrogen-bond acceptors (Lipinski definition) is 2. The standard InChI is InChI=1S/C15H26N2/c1-2-3-10-17-15-8-5-12-4-7-14(16)11-13(12)6-9-15/h4,7,11-13,15,17H,2-3,5-6,8-10,16H2,1H3. The highest BCUT2D eigenvalue weighted by Crippen LogP contribution is 2.33. The molecule has 0 aromatic carbocycles. The van der Waals surface area contributed by atoms with Crippen molar-refractivity contribution in [2.24, 2.45) is 17.6 Å². The van der Waals surface area contributed by atoms with E-state index < -0.39 is 0 Å². The van der Waals surface area contributed by atoms with Crippen LogP contribution in [0.15, 0.2) is 23.9 Å². The molecule has 2 aliphatic rings. The minimum absolute atomic E-state index is 0.693. The predicted octanol–water partition coefficient (Wildman–Crippen LogP) is 2.96. The summed E-state index contributed by atoms with van der Waals surface area (Å²) in [4.78, 5) is 0. The molecule has 1 fully saturated rings. The second-order valence-electron chi connectivity index (χ2n) is 5.51. The van der Waals surface area contributed by atoms with Crippen LogP contribution < -0.4 is 11.1 Å². The summed E-state index contributed by atoms with van der Waals surface area (Å²) < 4.78 is 0. The summed E-state index contributed by atoms with van der Waals surface area (Å²) >= 11 is 0. The molecular formula is C15H26N2. The first-order valence-corrected chi connectivity index (χ1v) is 7.18. The average Bonchev–Trinajstić information content (AvgIpc) is 2.52. The van der Waals surface area contributed by atoms with E-state index in [1.165, 1.54) is 45.1 Å². The van der Waals surface area contributed by atoms with Gasteiger partial charge < -0.3 is 11.1 Å². The van der Waals surface area contributed by atoms with Gasteiger partial charge in [-0.15, -0.1) is 0 Å². The first-order valence-electron chi connectivity index (χ1n) is 7.18. The maximum atomic E-state index is 5.88. The van der Waals surface area contributed by atoms with Gasteiger partial charge in [0.25, 0.3) is 0 Å². The van der Waals surface area contributed by atoms with Crippen molar-refractivity contribution in [3.63, 3.8) is 0 Å². The Morgan fingerprint density at radius 2 is 2.00 bits per heavy atom. The van der Waals surface area contributed by atoms with Crippen LogP contribution in [0.2, 0.25) is 0 Å². The second kappa shape index (κ2) is 6.25. The highest BCUT2D eigenvalue weighted by Gasteiger charge is 2.25. The molecule has 0 heterocycles. The Hall–Kier alpha value is -0.760. The number of fused-ring (bicyclic) bond motifs is 1. The molecule has 1 saturated carbocycles. The Bertz CT molecular complexity index is 293. The van der Waals surface area contributed by atoms with E-state index in [-0.39, 0.29) is 0 Å². The lowest BCUT2D eigenvalue weighted by molar-refractivity contribution is 0.442. The highest BCUT2D eigenvalue weighted by molar-refractivity contribution is 5.23. The van der Waals surface area contributed by atoms with Crippen LogP contribution in [-0.4, -0.2) is 12.6 Å². The number of unbranched alkanes of at least 4 members (excludes halogenated alkanes) is 1. The Kier molecular flexibility index (Phi) is 4.66. The van der Waals surface area contributed by atoms with E-state index in [1.807, 2.05) is 0 Å². The van der Waals surface area contributed by atoms with Gasteiger partial charge in [0.15, 0.2) is 0 Å². The molecule has 0 bridgehead atoms. The third-order valence-electron chi connectivity index (χ3n) is 4.15. The van der Waals surface area contributed by atoms with Crippen molar-refractivity contribution in [3.8, 4) is 0 Å². The highest BCUT2D eigenvalue weighted by atomic mass is 14.9. The fraction of sp³-hybridized carbons (Fsp3) is 0.733. The van der Waals surface area contributed by atoms with Crippen LogP contribution in [-0.2, 0) is 0 Å². The Morgan fingerprint density at radius 3 is 2.76 bits per heavy atom. The van der Waals surface area contributed by atoms with Crippen LogP contribution in [0.4, 0.5) is 0 Å². The molecule has 96 valence electrons. The molecule has 0 radical (unpaired) electrons. The van der Waals surface area contributed by atoms with Gasteiger partial charge in [0, 0.05) is 11.7 Å². The third-order valence-corrected chi connectivity index (χ3v) is 4.15. The molecule has 0 amide bonds. The summed E-state index contributed by atoms with van der Waals surface area (Å²) in [5.74, 6) is 1.43. The van der Waals surface area contributed by atoms with Crippen molar-refractivity contribution < 1.29 is 0 Å². The normalized spacial score (nSPS) is 32.8. The lowest BCUT2D eigenvalue weighted by Gasteiger charge is -2.22. The van der Waals surface area contributed by atoms with E-state index in [0.29, 0.717) is 5.92 Å². The topological polar surface area (TPSA) is 38.0 Å². The van der Waals surface area contributed by atoms with Crippen molar-refractivity contribution in [1.82, 2.24) is 5.32 Å². The minimum atomic E-state index is 0.693. The largest absolute Gasteiger partial charge is 0.399 e. The van der Waals surface area contributed by atoms with Crippen LogP contribution in [0.3, 0.4) is 0 Å². The second-order valence-corrected chi connectivity index (χ2v) is 5.51. The number of hydrogen-bond donors (Lipinski definition) is 2. The van der Waals surface area contributed by atoms with Gasteiger partial charge >= 0.3 is 0 Å². The number of nitrogens with one attached hydrogen (secondary N) is 1. The molecule has 2 rings (SSSR count). The quantitative estimate of drug-likeness (QED) is 0.734.